The van der Waals surface area contributed by atoms with Gasteiger partial charge in [0.05, 0.1) is 23.4 Å². The molecule has 6 heteroatoms. The molecule has 0 bridgehead atoms. The molecule has 30 heavy (non-hydrogen) atoms. The van der Waals surface area contributed by atoms with Crippen molar-refractivity contribution in [2.75, 3.05) is 31.3 Å². The lowest BCUT2D eigenvalue weighted by atomic mass is 9.82. The number of benzene rings is 3. The molecule has 3 aromatic rings. The summed E-state index contributed by atoms with van der Waals surface area (Å²) in [5, 5.41) is 10.5. The minimum absolute atomic E-state index is 0.00306. The zero-order valence-corrected chi connectivity index (χ0v) is 16.8. The second-order valence-electron chi connectivity index (χ2n) is 7.42. The molecule has 152 valence electrons. The number of carbonyl (C=O) groups is 2. The number of hydrogen-bond acceptors (Lipinski definition) is 6. The number of ketones is 2. The molecule has 4 rings (SSSR count). The van der Waals surface area contributed by atoms with Crippen LogP contribution in [0.15, 0.2) is 54.6 Å². The first-order chi connectivity index (χ1) is 14.4. The number of nitrogens with zero attached hydrogens (tertiary/aromatic N) is 1. The van der Waals surface area contributed by atoms with Gasteiger partial charge in [-0.15, -0.1) is 0 Å². The number of rotatable bonds is 5. The SMILES string of the molecule is CN(C)c1cccc(CCOc2cc(O)c3c(c2N)C(=O)c2ccccc2C3=O)c1. The Morgan fingerprint density at radius 3 is 2.27 bits per heavy atom. The van der Waals surface area contributed by atoms with Gasteiger partial charge in [0.25, 0.3) is 0 Å². The summed E-state index contributed by atoms with van der Waals surface area (Å²) in [5.41, 5.74) is 8.92. The molecule has 0 saturated heterocycles. The Labute approximate surface area is 174 Å². The molecular formula is C24H22N2O4. The van der Waals surface area contributed by atoms with E-state index in [0.717, 1.165) is 11.3 Å². The predicted octanol–water partition coefficient (Wildman–Crippen LogP) is 3.44. The van der Waals surface area contributed by atoms with Crippen molar-refractivity contribution < 1.29 is 19.4 Å². The molecule has 1 aliphatic carbocycles. The Bertz CT molecular complexity index is 1170. The van der Waals surface area contributed by atoms with Gasteiger partial charge in [-0.05, 0) is 17.7 Å². The fourth-order valence-corrected chi connectivity index (χ4v) is 3.66. The third kappa shape index (κ3) is 3.26. The number of phenolic OH excluding ortho intramolecular Hbond substituents is 1. The van der Waals surface area contributed by atoms with Gasteiger partial charge in [0.1, 0.15) is 11.5 Å². The van der Waals surface area contributed by atoms with E-state index in [1.165, 1.54) is 6.07 Å². The van der Waals surface area contributed by atoms with Crippen LogP contribution in [0.25, 0.3) is 0 Å². The van der Waals surface area contributed by atoms with Crippen molar-refractivity contribution in [2.45, 2.75) is 6.42 Å². The van der Waals surface area contributed by atoms with Crippen LogP contribution in [0.3, 0.4) is 0 Å². The third-order valence-electron chi connectivity index (χ3n) is 5.25. The molecular weight excluding hydrogens is 380 g/mol. The first-order valence-electron chi connectivity index (χ1n) is 9.61. The Kier molecular flexibility index (Phi) is 4.91. The van der Waals surface area contributed by atoms with Crippen LogP contribution in [0.1, 0.15) is 37.4 Å². The van der Waals surface area contributed by atoms with Gasteiger partial charge in [-0.2, -0.15) is 0 Å². The molecule has 3 N–H and O–H groups in total. The van der Waals surface area contributed by atoms with Crippen LogP contribution >= 0.6 is 0 Å². The Hall–Kier alpha value is -3.80. The van der Waals surface area contributed by atoms with Crippen LogP contribution in [-0.4, -0.2) is 37.4 Å². The van der Waals surface area contributed by atoms with Crippen LogP contribution in [0.5, 0.6) is 11.5 Å². The average molecular weight is 402 g/mol. The van der Waals surface area contributed by atoms with E-state index in [-0.39, 0.29) is 39.4 Å². The molecule has 3 aromatic carbocycles. The van der Waals surface area contributed by atoms with Gasteiger partial charge in [-0.3, -0.25) is 9.59 Å². The zero-order valence-electron chi connectivity index (χ0n) is 16.8. The first kappa shape index (κ1) is 19.5. The van der Waals surface area contributed by atoms with Gasteiger partial charge >= 0.3 is 0 Å². The summed E-state index contributed by atoms with van der Waals surface area (Å²) in [6, 6.07) is 15.9. The van der Waals surface area contributed by atoms with E-state index in [4.69, 9.17) is 10.5 Å². The summed E-state index contributed by atoms with van der Waals surface area (Å²) in [5.74, 6) is -0.930. The van der Waals surface area contributed by atoms with Gasteiger partial charge in [0.15, 0.2) is 11.6 Å². The van der Waals surface area contributed by atoms with Crippen molar-refractivity contribution in [2.24, 2.45) is 0 Å². The number of aromatic hydroxyl groups is 1. The highest BCUT2D eigenvalue weighted by Crippen LogP contribution is 2.41. The molecule has 0 atom stereocenters. The summed E-state index contributed by atoms with van der Waals surface area (Å²) in [7, 11) is 3.95. The normalized spacial score (nSPS) is 12.3. The number of ether oxygens (including phenoxy) is 1. The molecule has 0 spiro atoms. The number of carbonyl (C=O) groups excluding carboxylic acids is 2. The van der Waals surface area contributed by atoms with E-state index in [1.54, 1.807) is 24.3 Å². The Morgan fingerprint density at radius 2 is 1.60 bits per heavy atom. The quantitative estimate of drug-likeness (QED) is 0.392. The second kappa shape index (κ2) is 7.55. The molecule has 6 nitrogen and oxygen atoms in total. The molecule has 0 radical (unpaired) electrons. The van der Waals surface area contributed by atoms with Gasteiger partial charge < -0.3 is 20.5 Å². The molecule has 0 unspecified atom stereocenters. The highest BCUT2D eigenvalue weighted by atomic mass is 16.5. The number of nitrogen functional groups attached to an aromatic ring is 1. The molecule has 0 saturated carbocycles. The van der Waals surface area contributed by atoms with Crippen molar-refractivity contribution in [1.82, 2.24) is 0 Å². The highest BCUT2D eigenvalue weighted by molar-refractivity contribution is 6.31. The zero-order chi connectivity index (χ0) is 21.4. The first-order valence-corrected chi connectivity index (χ1v) is 9.61. The Balaban J connectivity index is 1.61. The van der Waals surface area contributed by atoms with E-state index in [9.17, 15) is 14.7 Å². The number of nitrogens with two attached hydrogens (primary N) is 1. The summed E-state index contributed by atoms with van der Waals surface area (Å²) in [6.07, 6.45) is 0.620. The lowest BCUT2D eigenvalue weighted by Crippen LogP contribution is -2.23. The summed E-state index contributed by atoms with van der Waals surface area (Å²) in [6.45, 7) is 0.304. The molecule has 0 heterocycles. The van der Waals surface area contributed by atoms with E-state index >= 15 is 0 Å². The summed E-state index contributed by atoms with van der Waals surface area (Å²) >= 11 is 0. The smallest absolute Gasteiger partial charge is 0.198 e. The number of fused-ring (bicyclic) bond motifs is 2. The highest BCUT2D eigenvalue weighted by Gasteiger charge is 2.35. The van der Waals surface area contributed by atoms with Gasteiger partial charge in [-0.25, -0.2) is 0 Å². The summed E-state index contributed by atoms with van der Waals surface area (Å²) < 4.78 is 5.80. The lowest BCUT2D eigenvalue weighted by molar-refractivity contribution is 0.0977. The largest absolute Gasteiger partial charge is 0.507 e. The number of hydrogen-bond donors (Lipinski definition) is 2. The maximum absolute atomic E-state index is 13.0. The maximum Gasteiger partial charge on any atom is 0.198 e. The fraction of sp³-hybridized carbons (Fsp3) is 0.167. The third-order valence-corrected chi connectivity index (χ3v) is 5.25. The maximum atomic E-state index is 13.0. The van der Waals surface area contributed by atoms with Gasteiger partial charge in [-0.1, -0.05) is 36.4 Å². The molecule has 0 fully saturated rings. The van der Waals surface area contributed by atoms with Gasteiger partial charge in [0, 0.05) is 43.4 Å². The number of anilines is 2. The topological polar surface area (TPSA) is 92.9 Å². The van der Waals surface area contributed by atoms with Crippen molar-refractivity contribution >= 4 is 22.9 Å². The molecule has 0 amide bonds. The van der Waals surface area contributed by atoms with Gasteiger partial charge in [0.2, 0.25) is 0 Å². The molecule has 0 aliphatic heterocycles. The summed E-state index contributed by atoms with van der Waals surface area (Å²) in [4.78, 5) is 27.8. The number of phenols is 1. The average Bonchev–Trinajstić information content (AvgIpc) is 2.74. The van der Waals surface area contributed by atoms with Crippen LogP contribution in [0, 0.1) is 0 Å². The van der Waals surface area contributed by atoms with E-state index in [0.29, 0.717) is 13.0 Å². The predicted molar refractivity (Wildman–Crippen MR) is 116 cm³/mol. The van der Waals surface area contributed by atoms with Crippen molar-refractivity contribution in [1.29, 1.82) is 0 Å². The van der Waals surface area contributed by atoms with Crippen LogP contribution < -0.4 is 15.4 Å². The van der Waals surface area contributed by atoms with Crippen LogP contribution in [0.2, 0.25) is 0 Å². The minimum Gasteiger partial charge on any atom is -0.507 e. The van der Waals surface area contributed by atoms with E-state index in [2.05, 4.69) is 6.07 Å². The Morgan fingerprint density at radius 1 is 0.933 bits per heavy atom. The van der Waals surface area contributed by atoms with E-state index in [1.807, 2.05) is 37.2 Å². The molecule has 1 aliphatic rings. The lowest BCUT2D eigenvalue weighted by Gasteiger charge is -2.21. The molecule has 0 aromatic heterocycles. The van der Waals surface area contributed by atoms with Crippen molar-refractivity contribution in [3.05, 3.63) is 82.4 Å². The minimum atomic E-state index is -0.420. The standard InChI is InChI=1S/C24H22N2O4/c1-26(2)15-7-5-6-14(12-15)10-11-30-19-13-18(27)20-21(22(19)25)24(29)17-9-4-3-8-16(17)23(20)28/h3-9,12-13,27H,10-11,25H2,1-2H3. The van der Waals surface area contributed by atoms with Crippen molar-refractivity contribution in [3.63, 3.8) is 0 Å². The van der Waals surface area contributed by atoms with E-state index < -0.39 is 11.6 Å². The monoisotopic (exact) mass is 402 g/mol. The fourth-order valence-electron chi connectivity index (χ4n) is 3.66. The van der Waals surface area contributed by atoms with Crippen molar-refractivity contribution in [3.8, 4) is 11.5 Å². The van der Waals surface area contributed by atoms with Crippen LogP contribution in [0.4, 0.5) is 11.4 Å². The van der Waals surface area contributed by atoms with Crippen LogP contribution in [-0.2, 0) is 6.42 Å². The second-order valence-corrected chi connectivity index (χ2v) is 7.42.